The van der Waals surface area contributed by atoms with Crippen molar-refractivity contribution < 1.29 is 93.4 Å². The zero-order valence-electron chi connectivity index (χ0n) is 26.4. The molecule has 47 heavy (non-hydrogen) atoms. The summed E-state index contributed by atoms with van der Waals surface area (Å²) in [6, 6.07) is 0. The molecule has 4 fully saturated rings. The van der Waals surface area contributed by atoms with Gasteiger partial charge in [-0.2, -0.15) is 0 Å². The molecule has 0 aromatic rings. The molecular formula is C28H48O19. The van der Waals surface area contributed by atoms with Gasteiger partial charge in [0.15, 0.2) is 25.0 Å². The molecule has 0 aromatic carbocycles. The fourth-order valence-electron chi connectivity index (χ4n) is 6.51. The van der Waals surface area contributed by atoms with E-state index in [-0.39, 0.29) is 12.4 Å². The van der Waals surface area contributed by atoms with E-state index in [9.17, 15) is 50.8 Å². The van der Waals surface area contributed by atoms with Crippen molar-refractivity contribution in [2.75, 3.05) is 27.4 Å². The maximum atomic E-state index is 11.3. The number of aliphatic hydroxyl groups excluding tert-OH is 9. The number of rotatable bonds is 12. The van der Waals surface area contributed by atoms with Crippen molar-refractivity contribution in [2.45, 2.75) is 131 Å². The number of aliphatic hydroxyl groups is 9. The summed E-state index contributed by atoms with van der Waals surface area (Å²) < 4.78 is 49.8. The summed E-state index contributed by atoms with van der Waals surface area (Å²) in [5.74, 6) is -1.19. The highest BCUT2D eigenvalue weighted by atomic mass is 16.8. The average molecular weight is 689 g/mol. The molecule has 3 aliphatic heterocycles. The molecule has 19 nitrogen and oxygen atoms in total. The molecule has 0 bridgehead atoms. The van der Waals surface area contributed by atoms with Crippen LogP contribution in [-0.4, -0.2) is 190 Å². The first-order valence-electron chi connectivity index (χ1n) is 15.4. The molecule has 19 heteroatoms. The van der Waals surface area contributed by atoms with Gasteiger partial charge >= 0.3 is 0 Å². The zero-order valence-corrected chi connectivity index (χ0v) is 26.4. The van der Waals surface area contributed by atoms with Crippen LogP contribution < -0.4 is 0 Å². The topological polar surface area (TPSA) is 282 Å². The van der Waals surface area contributed by atoms with Crippen molar-refractivity contribution in [3.8, 4) is 0 Å². The summed E-state index contributed by atoms with van der Waals surface area (Å²) >= 11 is 0. The lowest BCUT2D eigenvalue weighted by molar-refractivity contribution is -0.400. The standard InChI is InChI=1S/C28H48O19/c1-9-5-11(39-3)16(34)17(35)21(9)44-27-20(38)23(40-4)22(13(7-30)43-27)45-26-19(37)18(36)24(28(47-26)41-8-31)46-25-15(33)10(2)14(32)12(6-29)42-25/h8-30,32-38H,5-7H2,1-4H3/t9?,10?,11?,12?,13?,14-,15-,16+,17+,18+,19-,20-,21+,22+,23+,24-,25-,26?,27?,28?/m0/s1. The van der Waals surface area contributed by atoms with Crippen molar-refractivity contribution in [1.82, 2.24) is 0 Å². The van der Waals surface area contributed by atoms with Gasteiger partial charge < -0.3 is 88.6 Å². The maximum absolute atomic E-state index is 11.3. The fourth-order valence-corrected chi connectivity index (χ4v) is 6.51. The van der Waals surface area contributed by atoms with E-state index in [4.69, 9.17) is 42.6 Å². The third-order valence-electron chi connectivity index (χ3n) is 9.39. The van der Waals surface area contributed by atoms with Gasteiger partial charge in [-0.25, -0.2) is 0 Å². The highest BCUT2D eigenvalue weighted by molar-refractivity contribution is 5.37. The molecule has 3 heterocycles. The second-order valence-corrected chi connectivity index (χ2v) is 12.3. The molecule has 274 valence electrons. The van der Waals surface area contributed by atoms with Gasteiger partial charge in [-0.1, -0.05) is 13.8 Å². The Labute approximate surface area is 270 Å². The van der Waals surface area contributed by atoms with Gasteiger partial charge in [-0.05, 0) is 12.3 Å². The lowest BCUT2D eigenvalue weighted by Crippen LogP contribution is -2.66. The first-order chi connectivity index (χ1) is 22.3. The van der Waals surface area contributed by atoms with E-state index in [2.05, 4.69) is 0 Å². The predicted molar refractivity (Wildman–Crippen MR) is 149 cm³/mol. The van der Waals surface area contributed by atoms with E-state index >= 15 is 0 Å². The first kappa shape index (κ1) is 38.6. The molecule has 9 N–H and O–H groups in total. The molecule has 1 aliphatic carbocycles. The smallest absolute Gasteiger partial charge is 0.295 e. The predicted octanol–water partition coefficient (Wildman–Crippen LogP) is -5.34. The summed E-state index contributed by atoms with van der Waals surface area (Å²) in [5, 5.41) is 94.9. The first-order valence-corrected chi connectivity index (χ1v) is 15.4. The van der Waals surface area contributed by atoms with Gasteiger partial charge in [-0.15, -0.1) is 0 Å². The van der Waals surface area contributed by atoms with Crippen LogP contribution in [0.5, 0.6) is 0 Å². The van der Waals surface area contributed by atoms with E-state index in [0.29, 0.717) is 6.42 Å². The van der Waals surface area contributed by atoms with Crippen LogP contribution in [0, 0.1) is 11.8 Å². The molecule has 20 atom stereocenters. The second kappa shape index (κ2) is 16.7. The highest BCUT2D eigenvalue weighted by Gasteiger charge is 2.55. The van der Waals surface area contributed by atoms with Crippen LogP contribution in [0.15, 0.2) is 0 Å². The van der Waals surface area contributed by atoms with Crippen molar-refractivity contribution >= 4 is 6.47 Å². The number of carbonyl (C=O) groups excluding carboxylic acids is 1. The Balaban J connectivity index is 1.47. The van der Waals surface area contributed by atoms with Crippen LogP contribution in [-0.2, 0) is 47.4 Å². The molecule has 4 rings (SSSR count). The minimum atomic E-state index is -1.93. The fraction of sp³-hybridized carbons (Fsp3) is 0.964. The lowest BCUT2D eigenvalue weighted by Gasteiger charge is -2.49. The Bertz CT molecular complexity index is 976. The van der Waals surface area contributed by atoms with E-state index < -0.39 is 130 Å². The molecule has 0 amide bonds. The number of hydrogen-bond donors (Lipinski definition) is 9. The molecule has 1 saturated carbocycles. The Morgan fingerprint density at radius 2 is 1.15 bits per heavy atom. The van der Waals surface area contributed by atoms with Crippen molar-refractivity contribution in [1.29, 1.82) is 0 Å². The summed E-state index contributed by atoms with van der Waals surface area (Å²) in [6.45, 7) is 1.84. The van der Waals surface area contributed by atoms with Crippen LogP contribution in [0.3, 0.4) is 0 Å². The summed E-state index contributed by atoms with van der Waals surface area (Å²) in [5.41, 5.74) is 0. The zero-order chi connectivity index (χ0) is 34.7. The largest absolute Gasteiger partial charge is 0.435 e. The van der Waals surface area contributed by atoms with Gasteiger partial charge in [0, 0.05) is 20.1 Å². The van der Waals surface area contributed by atoms with Gasteiger partial charge in [0.2, 0.25) is 6.29 Å². The monoisotopic (exact) mass is 688 g/mol. The molecule has 0 radical (unpaired) electrons. The van der Waals surface area contributed by atoms with E-state index in [1.807, 2.05) is 0 Å². The van der Waals surface area contributed by atoms with Gasteiger partial charge in [0.1, 0.15) is 61.0 Å². The third kappa shape index (κ3) is 7.92. The molecule has 3 saturated heterocycles. The molecule has 0 spiro atoms. The average Bonchev–Trinajstić information content (AvgIpc) is 3.06. The quantitative estimate of drug-likeness (QED) is 0.0865. The molecular weight excluding hydrogens is 640 g/mol. The summed E-state index contributed by atoms with van der Waals surface area (Å²) in [7, 11) is 2.62. The molecule has 4 aliphatic rings. The minimum Gasteiger partial charge on any atom is -0.435 e. The molecule has 8 unspecified atom stereocenters. The number of hydrogen-bond acceptors (Lipinski definition) is 19. The minimum absolute atomic E-state index is 0.0279. The molecule has 0 aromatic heterocycles. The summed E-state index contributed by atoms with van der Waals surface area (Å²) in [4.78, 5) is 11.3. The van der Waals surface area contributed by atoms with Crippen LogP contribution in [0.25, 0.3) is 0 Å². The van der Waals surface area contributed by atoms with E-state index in [0.717, 1.165) is 0 Å². The Morgan fingerprint density at radius 1 is 0.596 bits per heavy atom. The van der Waals surface area contributed by atoms with E-state index in [1.54, 1.807) is 6.92 Å². The Hall–Kier alpha value is -1.21. The van der Waals surface area contributed by atoms with Gasteiger partial charge in [0.25, 0.3) is 6.47 Å². The normalized spacial score (nSPS) is 51.0. The lowest BCUT2D eigenvalue weighted by atomic mass is 9.81. The highest BCUT2D eigenvalue weighted by Crippen LogP contribution is 2.36. The van der Waals surface area contributed by atoms with Gasteiger partial charge in [0.05, 0.1) is 31.5 Å². The van der Waals surface area contributed by atoms with Crippen LogP contribution >= 0.6 is 0 Å². The SMILES string of the molecule is COC1CC(C)[C@@H](OC2OC(CO)[C@@H](OC3OC(OC=O)[C@@H](O[C@@H]4OC(CO)[C@@H](O)C(C)[C@@H]4O)[C@H](O)[C@@H]3O)[C@H](OC)[C@@H]2O)[C@H](O)[C@@H]1O. The Kier molecular flexibility index (Phi) is 13.7. The number of methoxy groups -OCH3 is 2. The summed E-state index contributed by atoms with van der Waals surface area (Å²) in [6.07, 6.45) is -25.6. The number of carbonyl (C=O) groups is 1. The Morgan fingerprint density at radius 3 is 1.74 bits per heavy atom. The van der Waals surface area contributed by atoms with Crippen molar-refractivity contribution in [2.24, 2.45) is 11.8 Å². The van der Waals surface area contributed by atoms with Crippen LogP contribution in [0.4, 0.5) is 0 Å². The van der Waals surface area contributed by atoms with Crippen molar-refractivity contribution in [3.63, 3.8) is 0 Å². The van der Waals surface area contributed by atoms with Crippen LogP contribution in [0.1, 0.15) is 20.3 Å². The van der Waals surface area contributed by atoms with E-state index in [1.165, 1.54) is 21.1 Å². The number of ether oxygens (including phenoxy) is 9. The maximum Gasteiger partial charge on any atom is 0.295 e. The van der Waals surface area contributed by atoms with Gasteiger partial charge in [-0.3, -0.25) is 4.79 Å². The third-order valence-corrected chi connectivity index (χ3v) is 9.39. The second-order valence-electron chi connectivity index (χ2n) is 12.3. The van der Waals surface area contributed by atoms with Crippen molar-refractivity contribution in [3.05, 3.63) is 0 Å². The van der Waals surface area contributed by atoms with Crippen LogP contribution in [0.2, 0.25) is 0 Å².